The molecule has 0 aliphatic rings. The fourth-order valence-electron chi connectivity index (χ4n) is 1.97. The van der Waals surface area contributed by atoms with Crippen molar-refractivity contribution in [3.05, 3.63) is 53.1 Å². The van der Waals surface area contributed by atoms with Crippen LogP contribution in [0.15, 0.2) is 47.4 Å². The van der Waals surface area contributed by atoms with Crippen molar-refractivity contribution in [2.75, 3.05) is 16.9 Å². The summed E-state index contributed by atoms with van der Waals surface area (Å²) >= 11 is 7.66. The van der Waals surface area contributed by atoms with Gasteiger partial charge in [0.1, 0.15) is 0 Å². The van der Waals surface area contributed by atoms with E-state index >= 15 is 0 Å². The summed E-state index contributed by atoms with van der Waals surface area (Å²) in [6.45, 7) is 3.64. The van der Waals surface area contributed by atoms with Crippen LogP contribution in [0.2, 0.25) is 5.02 Å². The maximum absolute atomic E-state index is 12.5. The minimum atomic E-state index is -0.289. The van der Waals surface area contributed by atoms with Crippen molar-refractivity contribution >= 4 is 46.6 Å². The number of carbonyl (C=O) groups excluding carboxylic acids is 2. The van der Waals surface area contributed by atoms with Gasteiger partial charge in [0.15, 0.2) is 0 Å². The maximum atomic E-state index is 12.5. The van der Waals surface area contributed by atoms with E-state index in [4.69, 9.17) is 11.6 Å². The molecule has 6 heteroatoms. The van der Waals surface area contributed by atoms with Crippen molar-refractivity contribution in [2.45, 2.75) is 18.7 Å². The molecule has 0 unspecified atom stereocenters. The van der Waals surface area contributed by atoms with Gasteiger partial charge in [0.25, 0.3) is 5.91 Å². The van der Waals surface area contributed by atoms with Gasteiger partial charge in [-0.3, -0.25) is 9.59 Å². The van der Waals surface area contributed by atoms with Gasteiger partial charge < -0.3 is 10.6 Å². The Morgan fingerprint density at radius 2 is 1.71 bits per heavy atom. The standard InChI is InChI=1S/C18H19ClN2O2S/c1-11(2)17(22)20-12-5-4-6-13(9-12)21-18(23)15-10-14(24-3)7-8-16(15)19/h4-11H,1-3H3,(H,20,22)(H,21,23). The first-order valence-corrected chi connectivity index (χ1v) is 9.07. The van der Waals surface area contributed by atoms with E-state index in [1.54, 1.807) is 48.2 Å². The normalized spacial score (nSPS) is 10.5. The largest absolute Gasteiger partial charge is 0.326 e. The van der Waals surface area contributed by atoms with Crippen LogP contribution in [0.5, 0.6) is 0 Å². The number of rotatable bonds is 5. The highest BCUT2D eigenvalue weighted by molar-refractivity contribution is 7.98. The van der Waals surface area contributed by atoms with Crippen LogP contribution in [0.1, 0.15) is 24.2 Å². The zero-order valence-corrected chi connectivity index (χ0v) is 15.3. The zero-order valence-electron chi connectivity index (χ0n) is 13.7. The van der Waals surface area contributed by atoms with Crippen LogP contribution in [0.25, 0.3) is 0 Å². The quantitative estimate of drug-likeness (QED) is 0.743. The van der Waals surface area contributed by atoms with Crippen LogP contribution in [-0.2, 0) is 4.79 Å². The Labute approximate surface area is 151 Å². The summed E-state index contributed by atoms with van der Waals surface area (Å²) in [6.07, 6.45) is 1.94. The number of amides is 2. The molecule has 2 amide bonds. The van der Waals surface area contributed by atoms with Crippen molar-refractivity contribution in [1.29, 1.82) is 0 Å². The van der Waals surface area contributed by atoms with Gasteiger partial charge >= 0.3 is 0 Å². The maximum Gasteiger partial charge on any atom is 0.257 e. The number of hydrogen-bond donors (Lipinski definition) is 2. The monoisotopic (exact) mass is 362 g/mol. The van der Waals surface area contributed by atoms with Gasteiger partial charge in [-0.2, -0.15) is 0 Å². The van der Waals surface area contributed by atoms with Crippen molar-refractivity contribution in [3.63, 3.8) is 0 Å². The molecule has 4 nitrogen and oxygen atoms in total. The Hall–Kier alpha value is -1.98. The highest BCUT2D eigenvalue weighted by Gasteiger charge is 2.12. The lowest BCUT2D eigenvalue weighted by atomic mass is 10.2. The summed E-state index contributed by atoms with van der Waals surface area (Å²) in [5.41, 5.74) is 1.64. The topological polar surface area (TPSA) is 58.2 Å². The van der Waals surface area contributed by atoms with Gasteiger partial charge in [-0.1, -0.05) is 31.5 Å². The van der Waals surface area contributed by atoms with Crippen LogP contribution < -0.4 is 10.6 Å². The van der Waals surface area contributed by atoms with Gasteiger partial charge in [0.05, 0.1) is 10.6 Å². The summed E-state index contributed by atoms with van der Waals surface area (Å²) in [7, 11) is 0. The fourth-order valence-corrected chi connectivity index (χ4v) is 2.61. The molecule has 126 valence electrons. The molecule has 0 fully saturated rings. The molecule has 0 radical (unpaired) electrons. The molecule has 2 rings (SSSR count). The summed E-state index contributed by atoms with van der Waals surface area (Å²) < 4.78 is 0. The molecule has 0 spiro atoms. The van der Waals surface area contributed by atoms with Crippen LogP contribution in [0.4, 0.5) is 11.4 Å². The van der Waals surface area contributed by atoms with E-state index < -0.39 is 0 Å². The molecular formula is C18H19ClN2O2S. The van der Waals surface area contributed by atoms with Crippen LogP contribution in [0.3, 0.4) is 0 Å². The van der Waals surface area contributed by atoms with Crippen LogP contribution in [-0.4, -0.2) is 18.1 Å². The third kappa shape index (κ3) is 4.76. The number of nitrogens with one attached hydrogen (secondary N) is 2. The lowest BCUT2D eigenvalue weighted by Crippen LogP contribution is -2.18. The molecule has 24 heavy (non-hydrogen) atoms. The zero-order chi connectivity index (χ0) is 17.7. The predicted molar refractivity (Wildman–Crippen MR) is 101 cm³/mol. The van der Waals surface area contributed by atoms with Crippen molar-refractivity contribution in [3.8, 4) is 0 Å². The molecule has 0 aromatic heterocycles. The van der Waals surface area contributed by atoms with Gasteiger partial charge in [-0.05, 0) is 42.7 Å². The minimum absolute atomic E-state index is 0.0748. The molecule has 0 bridgehead atoms. The Bertz CT molecular complexity index is 762. The Balaban J connectivity index is 2.16. The first kappa shape index (κ1) is 18.4. The minimum Gasteiger partial charge on any atom is -0.326 e. The molecule has 0 heterocycles. The summed E-state index contributed by atoms with van der Waals surface area (Å²) in [6, 6.07) is 12.3. The lowest BCUT2D eigenvalue weighted by molar-refractivity contribution is -0.118. The lowest BCUT2D eigenvalue weighted by Gasteiger charge is -2.11. The molecule has 0 aliphatic carbocycles. The molecule has 0 atom stereocenters. The molecule has 2 aromatic carbocycles. The number of benzene rings is 2. The molecule has 0 saturated carbocycles. The smallest absolute Gasteiger partial charge is 0.257 e. The van der Waals surface area contributed by atoms with E-state index in [0.29, 0.717) is 22.0 Å². The Morgan fingerprint density at radius 3 is 2.33 bits per heavy atom. The van der Waals surface area contributed by atoms with Crippen LogP contribution in [0, 0.1) is 5.92 Å². The molecule has 2 N–H and O–H groups in total. The third-order valence-electron chi connectivity index (χ3n) is 3.33. The van der Waals surface area contributed by atoms with Gasteiger partial charge in [-0.15, -0.1) is 11.8 Å². The second-order valence-corrected chi connectivity index (χ2v) is 6.81. The first-order valence-electron chi connectivity index (χ1n) is 7.46. The van der Waals surface area contributed by atoms with E-state index in [2.05, 4.69) is 10.6 Å². The number of anilines is 2. The molecular weight excluding hydrogens is 344 g/mol. The van der Waals surface area contributed by atoms with Gasteiger partial charge in [-0.25, -0.2) is 0 Å². The number of halogens is 1. The Morgan fingerprint density at radius 1 is 1.04 bits per heavy atom. The number of thioether (sulfide) groups is 1. The van der Waals surface area contributed by atoms with E-state index in [1.165, 1.54) is 0 Å². The van der Waals surface area contributed by atoms with Crippen molar-refractivity contribution < 1.29 is 9.59 Å². The van der Waals surface area contributed by atoms with Gasteiger partial charge in [0, 0.05) is 22.2 Å². The number of carbonyl (C=O) groups is 2. The highest BCUT2D eigenvalue weighted by Crippen LogP contribution is 2.24. The average Bonchev–Trinajstić information content (AvgIpc) is 2.55. The fraction of sp³-hybridized carbons (Fsp3) is 0.222. The van der Waals surface area contributed by atoms with Crippen molar-refractivity contribution in [1.82, 2.24) is 0 Å². The first-order chi connectivity index (χ1) is 11.4. The van der Waals surface area contributed by atoms with E-state index in [9.17, 15) is 9.59 Å². The average molecular weight is 363 g/mol. The molecule has 2 aromatic rings. The molecule has 0 aliphatic heterocycles. The predicted octanol–water partition coefficient (Wildman–Crippen LogP) is 4.91. The molecule has 0 saturated heterocycles. The Kier molecular flexibility index (Phi) is 6.29. The van der Waals surface area contributed by atoms with Crippen LogP contribution >= 0.6 is 23.4 Å². The van der Waals surface area contributed by atoms with E-state index in [-0.39, 0.29) is 17.7 Å². The summed E-state index contributed by atoms with van der Waals surface area (Å²) in [5, 5.41) is 6.01. The number of hydrogen-bond acceptors (Lipinski definition) is 3. The summed E-state index contributed by atoms with van der Waals surface area (Å²) in [4.78, 5) is 25.2. The second kappa shape index (κ2) is 8.22. The second-order valence-electron chi connectivity index (χ2n) is 5.52. The van der Waals surface area contributed by atoms with Crippen molar-refractivity contribution in [2.24, 2.45) is 5.92 Å². The third-order valence-corrected chi connectivity index (χ3v) is 4.39. The highest BCUT2D eigenvalue weighted by atomic mass is 35.5. The SMILES string of the molecule is CSc1ccc(Cl)c(C(=O)Nc2cccc(NC(=O)C(C)C)c2)c1. The van der Waals surface area contributed by atoms with E-state index in [1.807, 2.05) is 26.2 Å². The summed E-state index contributed by atoms with van der Waals surface area (Å²) in [5.74, 6) is -0.478. The van der Waals surface area contributed by atoms with E-state index in [0.717, 1.165) is 4.90 Å². The van der Waals surface area contributed by atoms with Gasteiger partial charge in [0.2, 0.25) is 5.91 Å².